The highest BCUT2D eigenvalue weighted by atomic mass is 14.6. The van der Waals surface area contributed by atoms with Gasteiger partial charge in [0, 0.05) is 17.8 Å². The van der Waals surface area contributed by atoms with E-state index in [2.05, 4.69) is 48.3 Å². The number of pyridine rings is 1. The van der Waals surface area contributed by atoms with E-state index in [0.717, 1.165) is 17.8 Å². The average Bonchev–Trinajstić information content (AvgIpc) is 2.99. The third-order valence-corrected chi connectivity index (χ3v) is 9.14. The summed E-state index contributed by atoms with van der Waals surface area (Å²) >= 11 is 0. The Balaban J connectivity index is 1.34. The molecule has 2 fully saturated rings. The van der Waals surface area contributed by atoms with E-state index in [1.54, 1.807) is 16.7 Å². The van der Waals surface area contributed by atoms with Gasteiger partial charge in [-0.25, -0.2) is 0 Å². The summed E-state index contributed by atoms with van der Waals surface area (Å²) in [6.45, 7) is 2.61. The van der Waals surface area contributed by atoms with Crippen LogP contribution >= 0.6 is 0 Å². The number of aromatic nitrogens is 1. The Hall–Kier alpha value is -1.89. The molecule has 1 nitrogen and oxygen atoms in total. The third kappa shape index (κ3) is 2.84. The highest BCUT2D eigenvalue weighted by Crippen LogP contribution is 2.62. The first-order valence-corrected chi connectivity index (χ1v) is 12.0. The number of hydrogen-bond acceptors (Lipinski definition) is 1. The normalized spacial score (nSPS) is 36.4. The number of benzene rings is 1. The standard InChI is InChI=1S/C28H33N/c1-28-14-12-22-16-21-5-3-2-4-19(21)8-9-25(22)27(28)11-10-26(28)23-7-6-20-13-15-29-18-24(20)17-23/h6-7,12-13,15-19,25-27H,2-5,8-11,14H2,1H3. The molecule has 0 N–H and O–H groups in total. The monoisotopic (exact) mass is 383 g/mol. The van der Waals surface area contributed by atoms with Gasteiger partial charge in [0.15, 0.2) is 0 Å². The smallest absolute Gasteiger partial charge is 0.0346 e. The van der Waals surface area contributed by atoms with Crippen LogP contribution in [0.5, 0.6) is 0 Å². The van der Waals surface area contributed by atoms with E-state index < -0.39 is 0 Å². The molecule has 1 aromatic heterocycles. The van der Waals surface area contributed by atoms with Crippen molar-refractivity contribution in [3.63, 3.8) is 0 Å². The van der Waals surface area contributed by atoms with Gasteiger partial charge in [0.1, 0.15) is 0 Å². The Morgan fingerprint density at radius 2 is 1.93 bits per heavy atom. The predicted molar refractivity (Wildman–Crippen MR) is 121 cm³/mol. The van der Waals surface area contributed by atoms with Crippen molar-refractivity contribution in [2.24, 2.45) is 23.2 Å². The van der Waals surface area contributed by atoms with Crippen LogP contribution in [0.15, 0.2) is 60.0 Å². The van der Waals surface area contributed by atoms with E-state index >= 15 is 0 Å². The minimum atomic E-state index is 0.415. The first-order chi connectivity index (χ1) is 14.2. The van der Waals surface area contributed by atoms with E-state index in [4.69, 9.17) is 0 Å². The molecule has 4 aliphatic rings. The molecule has 6 rings (SSSR count). The van der Waals surface area contributed by atoms with E-state index in [1.807, 2.05) is 12.4 Å². The van der Waals surface area contributed by atoms with Gasteiger partial charge in [-0.3, -0.25) is 4.98 Å². The maximum absolute atomic E-state index is 4.36. The zero-order chi connectivity index (χ0) is 19.4. The molecule has 1 heterocycles. The summed E-state index contributed by atoms with van der Waals surface area (Å²) in [6, 6.07) is 9.28. The second kappa shape index (κ2) is 6.83. The van der Waals surface area contributed by atoms with Crippen LogP contribution in [0.1, 0.15) is 76.2 Å². The Bertz CT molecular complexity index is 998. The molecule has 0 radical (unpaired) electrons. The van der Waals surface area contributed by atoms with Gasteiger partial charge in [-0.1, -0.05) is 43.2 Å². The molecule has 29 heavy (non-hydrogen) atoms. The molecule has 0 saturated heterocycles. The van der Waals surface area contributed by atoms with Crippen molar-refractivity contribution in [1.29, 1.82) is 0 Å². The van der Waals surface area contributed by atoms with Crippen LogP contribution < -0.4 is 0 Å². The van der Waals surface area contributed by atoms with Gasteiger partial charge in [-0.15, -0.1) is 0 Å². The maximum Gasteiger partial charge on any atom is 0.0346 e. The molecule has 1 aromatic carbocycles. The van der Waals surface area contributed by atoms with Gasteiger partial charge >= 0.3 is 0 Å². The van der Waals surface area contributed by atoms with Gasteiger partial charge in [-0.2, -0.15) is 0 Å². The van der Waals surface area contributed by atoms with Crippen LogP contribution in [-0.2, 0) is 0 Å². The Morgan fingerprint density at radius 1 is 0.966 bits per heavy atom. The second-order valence-corrected chi connectivity index (χ2v) is 10.5. The van der Waals surface area contributed by atoms with Crippen LogP contribution in [0.25, 0.3) is 10.8 Å². The van der Waals surface area contributed by atoms with Gasteiger partial charge in [0.25, 0.3) is 0 Å². The van der Waals surface area contributed by atoms with Crippen molar-refractivity contribution in [3.05, 3.63) is 65.5 Å². The quantitative estimate of drug-likeness (QED) is 0.494. The number of hydrogen-bond donors (Lipinski definition) is 0. The molecule has 1 heteroatoms. The Kier molecular flexibility index (Phi) is 4.22. The van der Waals surface area contributed by atoms with Crippen LogP contribution in [0.2, 0.25) is 0 Å². The molecule has 2 saturated carbocycles. The van der Waals surface area contributed by atoms with Crippen molar-refractivity contribution in [1.82, 2.24) is 4.98 Å². The molecule has 0 bridgehead atoms. The Labute approximate surface area is 175 Å². The van der Waals surface area contributed by atoms with Crippen LogP contribution in [0.4, 0.5) is 0 Å². The van der Waals surface area contributed by atoms with Crippen LogP contribution in [0, 0.1) is 23.2 Å². The lowest BCUT2D eigenvalue weighted by Crippen LogP contribution is -2.35. The summed E-state index contributed by atoms with van der Waals surface area (Å²) in [6.07, 6.45) is 21.8. The van der Waals surface area contributed by atoms with E-state index in [1.165, 1.54) is 68.6 Å². The summed E-state index contributed by atoms with van der Waals surface area (Å²) in [5.74, 6) is 3.24. The lowest BCUT2D eigenvalue weighted by Gasteiger charge is -2.44. The fourth-order valence-electron chi connectivity index (χ4n) is 7.57. The minimum absolute atomic E-state index is 0.415. The van der Waals surface area contributed by atoms with Crippen LogP contribution in [0.3, 0.4) is 0 Å². The largest absolute Gasteiger partial charge is 0.264 e. The zero-order valence-electron chi connectivity index (χ0n) is 17.7. The van der Waals surface area contributed by atoms with Crippen molar-refractivity contribution in [2.45, 2.75) is 70.6 Å². The molecule has 0 aliphatic heterocycles. The lowest BCUT2D eigenvalue weighted by atomic mass is 9.60. The number of fused-ring (bicyclic) bond motifs is 5. The lowest BCUT2D eigenvalue weighted by molar-refractivity contribution is 0.137. The van der Waals surface area contributed by atoms with Crippen molar-refractivity contribution < 1.29 is 0 Å². The van der Waals surface area contributed by atoms with E-state index in [0.29, 0.717) is 11.3 Å². The van der Waals surface area contributed by atoms with E-state index in [9.17, 15) is 0 Å². The highest BCUT2D eigenvalue weighted by molar-refractivity contribution is 5.82. The summed E-state index contributed by atoms with van der Waals surface area (Å²) in [4.78, 5) is 4.36. The molecule has 2 aromatic rings. The molecular weight excluding hydrogens is 350 g/mol. The number of allylic oxidation sites excluding steroid dienone is 4. The number of nitrogens with zero attached hydrogens (tertiary/aromatic N) is 1. The van der Waals surface area contributed by atoms with E-state index in [-0.39, 0.29) is 0 Å². The molecule has 5 atom stereocenters. The van der Waals surface area contributed by atoms with Gasteiger partial charge in [0.05, 0.1) is 0 Å². The van der Waals surface area contributed by atoms with Gasteiger partial charge < -0.3 is 0 Å². The summed E-state index contributed by atoms with van der Waals surface area (Å²) in [5.41, 5.74) is 5.48. The molecular formula is C28H33N. The van der Waals surface area contributed by atoms with Crippen molar-refractivity contribution in [3.8, 4) is 0 Å². The predicted octanol–water partition coefficient (Wildman–Crippen LogP) is 7.59. The summed E-state index contributed by atoms with van der Waals surface area (Å²) in [5, 5.41) is 2.61. The number of rotatable bonds is 1. The summed E-state index contributed by atoms with van der Waals surface area (Å²) in [7, 11) is 0. The first-order valence-electron chi connectivity index (χ1n) is 12.0. The first kappa shape index (κ1) is 17.9. The maximum atomic E-state index is 4.36. The fraction of sp³-hybridized carbons (Fsp3) is 0.536. The van der Waals surface area contributed by atoms with Gasteiger partial charge in [0.2, 0.25) is 0 Å². The minimum Gasteiger partial charge on any atom is -0.264 e. The molecule has 150 valence electrons. The van der Waals surface area contributed by atoms with Crippen molar-refractivity contribution in [2.75, 3.05) is 0 Å². The molecule has 0 amide bonds. The molecule has 5 unspecified atom stereocenters. The van der Waals surface area contributed by atoms with Crippen molar-refractivity contribution >= 4 is 10.8 Å². The SMILES string of the molecule is CC12CC=C3C=C4CCCCC4CCC3C1CCC2c1ccc2ccncc2c1. The fourth-order valence-corrected chi connectivity index (χ4v) is 7.57. The second-order valence-electron chi connectivity index (χ2n) is 10.5. The van der Waals surface area contributed by atoms with Gasteiger partial charge in [-0.05, 0) is 109 Å². The average molecular weight is 384 g/mol. The van der Waals surface area contributed by atoms with Crippen LogP contribution in [-0.4, -0.2) is 4.98 Å². The Morgan fingerprint density at radius 3 is 2.90 bits per heavy atom. The molecule has 4 aliphatic carbocycles. The highest BCUT2D eigenvalue weighted by Gasteiger charge is 2.52. The summed E-state index contributed by atoms with van der Waals surface area (Å²) < 4.78 is 0. The zero-order valence-corrected chi connectivity index (χ0v) is 17.7. The topological polar surface area (TPSA) is 12.9 Å². The molecule has 0 spiro atoms. The third-order valence-electron chi connectivity index (χ3n) is 9.14.